The van der Waals surface area contributed by atoms with E-state index in [1.165, 1.54) is 6.20 Å². The van der Waals surface area contributed by atoms with Crippen LogP contribution in [0.25, 0.3) is 0 Å². The Hall–Kier alpha value is -3.48. The van der Waals surface area contributed by atoms with Crippen molar-refractivity contribution in [1.82, 2.24) is 15.0 Å². The number of hydrogen-bond acceptors (Lipinski definition) is 6. The monoisotopic (exact) mass is 322 g/mol. The molecule has 0 saturated carbocycles. The quantitative estimate of drug-likeness (QED) is 0.751. The van der Waals surface area contributed by atoms with E-state index in [1.54, 1.807) is 61.2 Å². The molecule has 7 heteroatoms. The maximum Gasteiger partial charge on any atom is 0.262 e. The third-order valence-corrected chi connectivity index (χ3v) is 2.90. The Kier molecular flexibility index (Phi) is 4.94. The first-order valence-electron chi connectivity index (χ1n) is 7.16. The number of nitrogens with zero attached hydrogens (tertiary/aromatic N) is 3. The van der Waals surface area contributed by atoms with Crippen molar-refractivity contribution in [3.05, 3.63) is 67.4 Å². The van der Waals surface area contributed by atoms with Gasteiger partial charge in [0.2, 0.25) is 5.88 Å². The first-order chi connectivity index (χ1) is 11.8. The molecule has 0 aliphatic heterocycles. The molecule has 0 unspecified atom stereocenters. The number of anilines is 1. The van der Waals surface area contributed by atoms with Crippen LogP contribution in [0.15, 0.2) is 67.4 Å². The van der Waals surface area contributed by atoms with Crippen LogP contribution < -0.4 is 14.8 Å². The highest BCUT2D eigenvalue weighted by Gasteiger charge is 2.05. The van der Waals surface area contributed by atoms with Gasteiger partial charge < -0.3 is 14.8 Å². The number of rotatable bonds is 6. The van der Waals surface area contributed by atoms with E-state index in [1.807, 2.05) is 0 Å². The van der Waals surface area contributed by atoms with Gasteiger partial charge in [-0.15, -0.1) is 0 Å². The van der Waals surface area contributed by atoms with E-state index in [4.69, 9.17) is 9.47 Å². The molecule has 1 N–H and O–H groups in total. The number of benzene rings is 1. The number of carbonyl (C=O) groups excluding carboxylic acids is 1. The predicted octanol–water partition coefficient (Wildman–Crippen LogP) is 2.68. The van der Waals surface area contributed by atoms with Gasteiger partial charge in [0, 0.05) is 24.3 Å². The van der Waals surface area contributed by atoms with Gasteiger partial charge in [-0.3, -0.25) is 14.8 Å². The zero-order chi connectivity index (χ0) is 16.6. The molecule has 1 aromatic carbocycles. The molecule has 0 saturated heterocycles. The number of hydrogen-bond donors (Lipinski definition) is 1. The highest BCUT2D eigenvalue weighted by atomic mass is 16.5. The van der Waals surface area contributed by atoms with Gasteiger partial charge in [-0.1, -0.05) is 0 Å². The summed E-state index contributed by atoms with van der Waals surface area (Å²) in [6, 6.07) is 10.4. The van der Waals surface area contributed by atoms with Crippen molar-refractivity contribution in [2.45, 2.75) is 0 Å². The third-order valence-electron chi connectivity index (χ3n) is 2.90. The number of pyridine rings is 1. The van der Waals surface area contributed by atoms with Crippen molar-refractivity contribution in [3.8, 4) is 17.4 Å². The van der Waals surface area contributed by atoms with Crippen LogP contribution in [0.4, 0.5) is 5.69 Å². The fourth-order valence-electron chi connectivity index (χ4n) is 1.84. The molecule has 120 valence electrons. The lowest BCUT2D eigenvalue weighted by Gasteiger charge is -2.08. The number of amides is 1. The van der Waals surface area contributed by atoms with Crippen LogP contribution in [0, 0.1) is 0 Å². The summed E-state index contributed by atoms with van der Waals surface area (Å²) in [5, 5.41) is 2.74. The molecule has 3 rings (SSSR count). The zero-order valence-corrected chi connectivity index (χ0v) is 12.6. The summed E-state index contributed by atoms with van der Waals surface area (Å²) < 4.78 is 10.9. The standard InChI is InChI=1S/C17H14N4O3/c22-16(12-23-15-2-1-7-18-10-15)21-13-3-5-14(6-4-13)24-17-11-19-8-9-20-17/h1-11H,12H2,(H,21,22). The van der Waals surface area contributed by atoms with Crippen molar-refractivity contribution in [1.29, 1.82) is 0 Å². The molecular formula is C17H14N4O3. The van der Waals surface area contributed by atoms with Crippen LogP contribution in [0.1, 0.15) is 0 Å². The van der Waals surface area contributed by atoms with Crippen LogP contribution in [-0.4, -0.2) is 27.5 Å². The Morgan fingerprint density at radius 2 is 1.79 bits per heavy atom. The summed E-state index contributed by atoms with van der Waals surface area (Å²) in [7, 11) is 0. The number of aromatic nitrogens is 3. The van der Waals surface area contributed by atoms with Crippen molar-refractivity contribution < 1.29 is 14.3 Å². The van der Waals surface area contributed by atoms with Crippen LogP contribution in [0.2, 0.25) is 0 Å². The van der Waals surface area contributed by atoms with Crippen molar-refractivity contribution in [2.75, 3.05) is 11.9 Å². The molecule has 0 aliphatic carbocycles. The average molecular weight is 322 g/mol. The Morgan fingerprint density at radius 3 is 2.50 bits per heavy atom. The van der Waals surface area contributed by atoms with Gasteiger partial charge in [0.25, 0.3) is 5.91 Å². The second kappa shape index (κ2) is 7.68. The lowest BCUT2D eigenvalue weighted by Crippen LogP contribution is -2.20. The summed E-state index contributed by atoms with van der Waals surface area (Å²) >= 11 is 0. The first kappa shape index (κ1) is 15.4. The van der Waals surface area contributed by atoms with Gasteiger partial charge >= 0.3 is 0 Å². The predicted molar refractivity (Wildman–Crippen MR) is 86.9 cm³/mol. The summed E-state index contributed by atoms with van der Waals surface area (Å²) in [4.78, 5) is 23.7. The first-order valence-corrected chi connectivity index (χ1v) is 7.16. The second-order valence-electron chi connectivity index (χ2n) is 4.70. The SMILES string of the molecule is O=C(COc1cccnc1)Nc1ccc(Oc2cnccn2)cc1. The number of carbonyl (C=O) groups is 1. The Bertz CT molecular complexity index is 780. The van der Waals surface area contributed by atoms with Gasteiger partial charge in [-0.2, -0.15) is 0 Å². The van der Waals surface area contributed by atoms with Crippen LogP contribution in [0.3, 0.4) is 0 Å². The maximum atomic E-state index is 11.9. The minimum absolute atomic E-state index is 0.0937. The van der Waals surface area contributed by atoms with E-state index < -0.39 is 0 Å². The van der Waals surface area contributed by atoms with E-state index in [0.717, 1.165) is 0 Å². The Morgan fingerprint density at radius 1 is 0.958 bits per heavy atom. The third kappa shape index (κ3) is 4.51. The molecule has 3 aromatic rings. The fraction of sp³-hybridized carbons (Fsp3) is 0.0588. The summed E-state index contributed by atoms with van der Waals surface area (Å²) in [5.41, 5.74) is 0.640. The Balaban J connectivity index is 1.51. The van der Waals surface area contributed by atoms with E-state index in [-0.39, 0.29) is 12.5 Å². The molecule has 0 spiro atoms. The van der Waals surface area contributed by atoms with Crippen molar-refractivity contribution in [3.63, 3.8) is 0 Å². The number of ether oxygens (including phenoxy) is 2. The minimum atomic E-state index is -0.263. The molecule has 2 aromatic heterocycles. The van der Waals surface area contributed by atoms with Crippen molar-refractivity contribution >= 4 is 11.6 Å². The highest BCUT2D eigenvalue weighted by Crippen LogP contribution is 2.20. The second-order valence-corrected chi connectivity index (χ2v) is 4.70. The molecule has 0 fully saturated rings. The minimum Gasteiger partial charge on any atom is -0.482 e. The average Bonchev–Trinajstić information content (AvgIpc) is 2.63. The Labute approximate surface area is 138 Å². The summed E-state index contributed by atoms with van der Waals surface area (Å²) in [6.07, 6.45) is 7.82. The van der Waals surface area contributed by atoms with E-state index >= 15 is 0 Å². The van der Waals surface area contributed by atoms with Gasteiger partial charge in [0.05, 0.1) is 12.4 Å². The summed E-state index contributed by atoms with van der Waals surface area (Å²) in [6.45, 7) is -0.0937. The van der Waals surface area contributed by atoms with Gasteiger partial charge in [0.15, 0.2) is 6.61 Å². The van der Waals surface area contributed by atoms with Crippen LogP contribution in [-0.2, 0) is 4.79 Å². The van der Waals surface area contributed by atoms with Gasteiger partial charge in [-0.25, -0.2) is 4.98 Å². The van der Waals surface area contributed by atoms with Crippen LogP contribution >= 0.6 is 0 Å². The van der Waals surface area contributed by atoms with E-state index in [0.29, 0.717) is 23.1 Å². The molecule has 0 atom stereocenters. The molecule has 0 radical (unpaired) electrons. The highest BCUT2D eigenvalue weighted by molar-refractivity contribution is 5.91. The summed E-state index contributed by atoms with van der Waals surface area (Å²) in [5.74, 6) is 1.28. The molecule has 0 bridgehead atoms. The van der Waals surface area contributed by atoms with E-state index in [2.05, 4.69) is 20.3 Å². The molecule has 7 nitrogen and oxygen atoms in total. The zero-order valence-electron chi connectivity index (χ0n) is 12.6. The van der Waals surface area contributed by atoms with Gasteiger partial charge in [-0.05, 0) is 36.4 Å². The topological polar surface area (TPSA) is 86.2 Å². The molecule has 2 heterocycles. The lowest BCUT2D eigenvalue weighted by molar-refractivity contribution is -0.118. The smallest absolute Gasteiger partial charge is 0.262 e. The lowest BCUT2D eigenvalue weighted by atomic mass is 10.3. The molecular weight excluding hydrogens is 308 g/mol. The fourth-order valence-corrected chi connectivity index (χ4v) is 1.84. The normalized spacial score (nSPS) is 10.0. The maximum absolute atomic E-state index is 11.9. The van der Waals surface area contributed by atoms with Crippen LogP contribution in [0.5, 0.6) is 17.4 Å². The molecule has 1 amide bonds. The largest absolute Gasteiger partial charge is 0.482 e. The number of nitrogens with one attached hydrogen (secondary N) is 1. The molecule has 0 aliphatic rings. The molecule has 24 heavy (non-hydrogen) atoms. The van der Waals surface area contributed by atoms with Gasteiger partial charge in [0.1, 0.15) is 11.5 Å². The van der Waals surface area contributed by atoms with E-state index in [9.17, 15) is 4.79 Å². The van der Waals surface area contributed by atoms with Crippen molar-refractivity contribution in [2.24, 2.45) is 0 Å².